The van der Waals surface area contributed by atoms with Crippen molar-refractivity contribution >= 4 is 27.3 Å². The fourth-order valence-electron chi connectivity index (χ4n) is 2.95. The van der Waals surface area contributed by atoms with E-state index >= 15 is 0 Å². The van der Waals surface area contributed by atoms with Crippen LogP contribution in [0.2, 0.25) is 0 Å². The van der Waals surface area contributed by atoms with Gasteiger partial charge in [0.05, 0.1) is 18.4 Å². The Bertz CT molecular complexity index is 1130. The minimum absolute atomic E-state index is 0.0111. The predicted molar refractivity (Wildman–Crippen MR) is 109 cm³/mol. The first kappa shape index (κ1) is 20.4. The largest absolute Gasteiger partial charge is 0.497 e. The zero-order valence-corrected chi connectivity index (χ0v) is 17.3. The van der Waals surface area contributed by atoms with Gasteiger partial charge in [-0.15, -0.1) is 0 Å². The summed E-state index contributed by atoms with van der Waals surface area (Å²) in [6.45, 7) is 3.08. The summed E-state index contributed by atoms with van der Waals surface area (Å²) < 4.78 is 37.5. The number of ether oxygens (including phenoxy) is 1. The lowest BCUT2D eigenvalue weighted by Crippen LogP contribution is -2.29. The van der Waals surface area contributed by atoms with Gasteiger partial charge in [0.1, 0.15) is 11.4 Å². The van der Waals surface area contributed by atoms with Gasteiger partial charge in [-0.1, -0.05) is 23.4 Å². The molecule has 0 spiro atoms. The highest BCUT2D eigenvalue weighted by Crippen LogP contribution is 2.29. The van der Waals surface area contributed by atoms with Gasteiger partial charge < -0.3 is 14.6 Å². The summed E-state index contributed by atoms with van der Waals surface area (Å²) in [5.74, 6) is 0.330. The Morgan fingerprint density at radius 1 is 1.14 bits per heavy atom. The third-order valence-electron chi connectivity index (χ3n) is 4.40. The quantitative estimate of drug-likeness (QED) is 0.662. The zero-order chi connectivity index (χ0) is 21.2. The van der Waals surface area contributed by atoms with E-state index in [1.165, 1.54) is 21.1 Å². The number of para-hydroxylation sites is 1. The van der Waals surface area contributed by atoms with Crippen molar-refractivity contribution in [3.8, 4) is 5.75 Å². The number of rotatable bonds is 6. The van der Waals surface area contributed by atoms with E-state index in [-0.39, 0.29) is 27.6 Å². The van der Waals surface area contributed by atoms with E-state index in [0.717, 1.165) is 4.31 Å². The SMILES string of the molecule is COc1cccc(NC(=O)c2ccccc2N(C)S(=O)(=O)c2c(C)noc2C)c1. The average Bonchev–Trinajstić information content (AvgIpc) is 3.06. The molecule has 1 amide bonds. The Hall–Kier alpha value is -3.33. The van der Waals surface area contributed by atoms with Crippen LogP contribution in [0.5, 0.6) is 5.75 Å². The number of carbonyl (C=O) groups is 1. The van der Waals surface area contributed by atoms with E-state index in [1.54, 1.807) is 55.5 Å². The summed E-state index contributed by atoms with van der Waals surface area (Å²) in [6.07, 6.45) is 0. The summed E-state index contributed by atoms with van der Waals surface area (Å²) in [5, 5.41) is 6.48. The van der Waals surface area contributed by atoms with Crippen LogP contribution in [0.3, 0.4) is 0 Å². The van der Waals surface area contributed by atoms with Gasteiger partial charge in [-0.25, -0.2) is 8.42 Å². The molecule has 29 heavy (non-hydrogen) atoms. The van der Waals surface area contributed by atoms with Crippen molar-refractivity contribution in [1.29, 1.82) is 0 Å². The molecular formula is C20H21N3O5S. The molecule has 8 nitrogen and oxygen atoms in total. The minimum Gasteiger partial charge on any atom is -0.497 e. The first-order valence-corrected chi connectivity index (χ1v) is 10.2. The monoisotopic (exact) mass is 415 g/mol. The second kappa shape index (κ2) is 7.96. The number of benzene rings is 2. The molecule has 0 radical (unpaired) electrons. The van der Waals surface area contributed by atoms with Gasteiger partial charge in [0.25, 0.3) is 15.9 Å². The zero-order valence-electron chi connectivity index (χ0n) is 16.5. The van der Waals surface area contributed by atoms with Crippen LogP contribution in [0, 0.1) is 13.8 Å². The number of carbonyl (C=O) groups excluding carboxylic acids is 1. The highest BCUT2D eigenvalue weighted by atomic mass is 32.2. The van der Waals surface area contributed by atoms with Crippen LogP contribution < -0.4 is 14.4 Å². The molecule has 0 unspecified atom stereocenters. The lowest BCUT2D eigenvalue weighted by Gasteiger charge is -2.22. The number of amides is 1. The summed E-state index contributed by atoms with van der Waals surface area (Å²) in [5.41, 5.74) is 1.22. The van der Waals surface area contributed by atoms with Crippen molar-refractivity contribution in [2.45, 2.75) is 18.7 Å². The van der Waals surface area contributed by atoms with Crippen molar-refractivity contribution < 1.29 is 22.5 Å². The normalized spacial score (nSPS) is 11.2. The molecule has 0 saturated carbocycles. The summed E-state index contributed by atoms with van der Waals surface area (Å²) >= 11 is 0. The van der Waals surface area contributed by atoms with Gasteiger partial charge >= 0.3 is 0 Å². The number of nitrogens with one attached hydrogen (secondary N) is 1. The number of aryl methyl sites for hydroxylation is 2. The van der Waals surface area contributed by atoms with Crippen molar-refractivity contribution in [1.82, 2.24) is 5.16 Å². The number of hydrogen-bond acceptors (Lipinski definition) is 6. The fourth-order valence-corrected chi connectivity index (χ4v) is 4.45. The maximum Gasteiger partial charge on any atom is 0.269 e. The van der Waals surface area contributed by atoms with Gasteiger partial charge in [0, 0.05) is 18.8 Å². The Morgan fingerprint density at radius 3 is 2.52 bits per heavy atom. The maximum atomic E-state index is 13.1. The molecule has 2 aromatic carbocycles. The van der Waals surface area contributed by atoms with E-state index in [1.807, 2.05) is 0 Å². The third kappa shape index (κ3) is 3.95. The Labute approximate surface area is 169 Å². The summed E-state index contributed by atoms with van der Waals surface area (Å²) in [6, 6.07) is 13.3. The molecule has 0 fully saturated rings. The number of methoxy groups -OCH3 is 1. The number of hydrogen-bond donors (Lipinski definition) is 1. The van der Waals surface area contributed by atoms with Gasteiger partial charge in [0.2, 0.25) is 0 Å². The van der Waals surface area contributed by atoms with Crippen LogP contribution in [-0.4, -0.2) is 33.6 Å². The fraction of sp³-hybridized carbons (Fsp3) is 0.200. The summed E-state index contributed by atoms with van der Waals surface area (Å²) in [4.78, 5) is 12.9. The molecule has 3 aromatic rings. The molecule has 1 N–H and O–H groups in total. The Balaban J connectivity index is 1.97. The van der Waals surface area contributed by atoms with Crippen molar-refractivity contribution in [2.24, 2.45) is 0 Å². The molecule has 0 saturated heterocycles. The number of sulfonamides is 1. The van der Waals surface area contributed by atoms with E-state index in [4.69, 9.17) is 9.26 Å². The second-order valence-electron chi connectivity index (χ2n) is 6.33. The Morgan fingerprint density at radius 2 is 1.86 bits per heavy atom. The van der Waals surface area contributed by atoms with E-state index in [2.05, 4.69) is 10.5 Å². The van der Waals surface area contributed by atoms with Crippen LogP contribution in [0.1, 0.15) is 21.8 Å². The molecule has 1 heterocycles. The van der Waals surface area contributed by atoms with Crippen LogP contribution >= 0.6 is 0 Å². The molecule has 0 aliphatic heterocycles. The lowest BCUT2D eigenvalue weighted by molar-refractivity contribution is 0.102. The van der Waals surface area contributed by atoms with E-state index in [0.29, 0.717) is 11.4 Å². The molecule has 1 aromatic heterocycles. The van der Waals surface area contributed by atoms with Crippen LogP contribution in [-0.2, 0) is 10.0 Å². The lowest BCUT2D eigenvalue weighted by atomic mass is 10.1. The molecule has 0 bridgehead atoms. The topological polar surface area (TPSA) is 102 Å². The van der Waals surface area contributed by atoms with Crippen LogP contribution in [0.15, 0.2) is 57.9 Å². The first-order chi connectivity index (χ1) is 13.8. The second-order valence-corrected chi connectivity index (χ2v) is 8.24. The molecule has 0 aliphatic carbocycles. The molecular weight excluding hydrogens is 394 g/mol. The molecule has 0 atom stereocenters. The molecule has 152 valence electrons. The molecule has 3 rings (SSSR count). The highest BCUT2D eigenvalue weighted by molar-refractivity contribution is 7.92. The van der Waals surface area contributed by atoms with E-state index < -0.39 is 15.9 Å². The maximum absolute atomic E-state index is 13.1. The number of anilines is 2. The molecule has 9 heteroatoms. The Kier molecular flexibility index (Phi) is 5.60. The van der Waals surface area contributed by atoms with Crippen molar-refractivity contribution in [2.75, 3.05) is 23.8 Å². The number of aromatic nitrogens is 1. The molecule has 0 aliphatic rings. The minimum atomic E-state index is -3.97. The standard InChI is InChI=1S/C20H21N3O5S/c1-13-19(14(2)28-22-13)29(25,26)23(3)18-11-6-5-10-17(18)20(24)21-15-8-7-9-16(12-15)27-4/h5-12H,1-4H3,(H,21,24). The number of nitrogens with zero attached hydrogens (tertiary/aromatic N) is 2. The third-order valence-corrected chi connectivity index (χ3v) is 6.42. The van der Waals surface area contributed by atoms with Crippen molar-refractivity contribution in [3.63, 3.8) is 0 Å². The van der Waals surface area contributed by atoms with Gasteiger partial charge in [-0.2, -0.15) is 0 Å². The predicted octanol–water partition coefficient (Wildman–Crippen LogP) is 3.38. The van der Waals surface area contributed by atoms with Gasteiger partial charge in [-0.3, -0.25) is 9.10 Å². The van der Waals surface area contributed by atoms with E-state index in [9.17, 15) is 13.2 Å². The van der Waals surface area contributed by atoms with Crippen LogP contribution in [0.4, 0.5) is 11.4 Å². The van der Waals surface area contributed by atoms with Gasteiger partial charge in [0.15, 0.2) is 10.7 Å². The van der Waals surface area contributed by atoms with Gasteiger partial charge in [-0.05, 0) is 38.1 Å². The average molecular weight is 415 g/mol. The van der Waals surface area contributed by atoms with Crippen LogP contribution in [0.25, 0.3) is 0 Å². The first-order valence-electron chi connectivity index (χ1n) is 8.72. The summed E-state index contributed by atoms with van der Waals surface area (Å²) in [7, 11) is -1.05. The van der Waals surface area contributed by atoms with Crippen molar-refractivity contribution in [3.05, 3.63) is 65.5 Å². The highest BCUT2D eigenvalue weighted by Gasteiger charge is 2.30. The smallest absolute Gasteiger partial charge is 0.269 e.